The maximum atomic E-state index is 11.1. The molecule has 0 aliphatic carbocycles. The SMILES string of the molecule is CC(=O)Cc1ccccc1.CCC(=O)c1ccc([N+](=O)[O-])cc1. The zero-order valence-corrected chi connectivity index (χ0v) is 13.2. The molecule has 0 aliphatic heterocycles. The molecule has 120 valence electrons. The Balaban J connectivity index is 0.000000238. The molecule has 0 heterocycles. The van der Waals surface area contributed by atoms with E-state index in [1.54, 1.807) is 13.8 Å². The number of carbonyl (C=O) groups excluding carboxylic acids is 2. The maximum Gasteiger partial charge on any atom is 0.269 e. The molecule has 23 heavy (non-hydrogen) atoms. The third-order valence-electron chi connectivity index (χ3n) is 3.02. The Kier molecular flexibility index (Phi) is 7.33. The van der Waals surface area contributed by atoms with E-state index < -0.39 is 4.92 Å². The van der Waals surface area contributed by atoms with E-state index in [4.69, 9.17) is 0 Å². The Labute approximate surface area is 135 Å². The molecule has 0 aromatic heterocycles. The number of carbonyl (C=O) groups is 2. The van der Waals surface area contributed by atoms with E-state index >= 15 is 0 Å². The second-order valence-electron chi connectivity index (χ2n) is 4.95. The third kappa shape index (κ3) is 6.65. The molecule has 0 N–H and O–H groups in total. The Bertz CT molecular complexity index is 663. The van der Waals surface area contributed by atoms with Gasteiger partial charge in [0.25, 0.3) is 5.69 Å². The topological polar surface area (TPSA) is 77.3 Å². The molecule has 0 saturated carbocycles. The lowest BCUT2D eigenvalue weighted by atomic mass is 10.1. The monoisotopic (exact) mass is 313 g/mol. The number of benzene rings is 2. The zero-order valence-electron chi connectivity index (χ0n) is 13.2. The lowest BCUT2D eigenvalue weighted by Gasteiger charge is -1.95. The average molecular weight is 313 g/mol. The van der Waals surface area contributed by atoms with Crippen molar-refractivity contribution in [1.29, 1.82) is 0 Å². The van der Waals surface area contributed by atoms with Crippen LogP contribution >= 0.6 is 0 Å². The van der Waals surface area contributed by atoms with Crippen LogP contribution in [0.1, 0.15) is 36.2 Å². The fourth-order valence-electron chi connectivity index (χ4n) is 1.86. The van der Waals surface area contributed by atoms with Gasteiger partial charge in [-0.05, 0) is 24.6 Å². The smallest absolute Gasteiger partial charge is 0.269 e. The largest absolute Gasteiger partial charge is 0.300 e. The van der Waals surface area contributed by atoms with Crippen molar-refractivity contribution in [3.63, 3.8) is 0 Å². The summed E-state index contributed by atoms with van der Waals surface area (Å²) in [6.45, 7) is 3.36. The summed E-state index contributed by atoms with van der Waals surface area (Å²) < 4.78 is 0. The van der Waals surface area contributed by atoms with Crippen LogP contribution in [-0.4, -0.2) is 16.5 Å². The number of hydrogen-bond acceptors (Lipinski definition) is 4. The first-order valence-electron chi connectivity index (χ1n) is 7.25. The summed E-state index contributed by atoms with van der Waals surface area (Å²) in [5.41, 5.74) is 1.62. The van der Waals surface area contributed by atoms with Crippen LogP contribution in [0.5, 0.6) is 0 Å². The second kappa shape index (κ2) is 9.25. The quantitative estimate of drug-likeness (QED) is 0.475. The number of non-ortho nitro benzene ring substituents is 1. The number of Topliss-reactive ketones (excluding diaryl/α,β-unsaturated/α-hetero) is 2. The fourth-order valence-corrected chi connectivity index (χ4v) is 1.86. The van der Waals surface area contributed by atoms with Crippen LogP contribution in [0.15, 0.2) is 54.6 Å². The molecule has 2 rings (SSSR count). The van der Waals surface area contributed by atoms with Crippen molar-refractivity contribution >= 4 is 17.3 Å². The van der Waals surface area contributed by atoms with Gasteiger partial charge in [0.05, 0.1) is 4.92 Å². The van der Waals surface area contributed by atoms with Crippen molar-refractivity contribution in [3.8, 4) is 0 Å². The van der Waals surface area contributed by atoms with Crippen LogP contribution in [0.25, 0.3) is 0 Å². The van der Waals surface area contributed by atoms with E-state index in [1.807, 2.05) is 30.3 Å². The van der Waals surface area contributed by atoms with Crippen LogP contribution in [0.4, 0.5) is 5.69 Å². The Morgan fingerprint density at radius 2 is 1.57 bits per heavy atom. The highest BCUT2D eigenvalue weighted by Gasteiger charge is 2.07. The number of nitro groups is 1. The molecule has 5 heteroatoms. The van der Waals surface area contributed by atoms with E-state index in [0.717, 1.165) is 5.56 Å². The second-order valence-corrected chi connectivity index (χ2v) is 4.95. The average Bonchev–Trinajstić information content (AvgIpc) is 2.55. The molecule has 0 saturated heterocycles. The molecule has 0 aliphatic rings. The van der Waals surface area contributed by atoms with E-state index in [-0.39, 0.29) is 17.3 Å². The van der Waals surface area contributed by atoms with Crippen molar-refractivity contribution in [3.05, 3.63) is 75.8 Å². The van der Waals surface area contributed by atoms with Crippen LogP contribution in [0, 0.1) is 10.1 Å². The van der Waals surface area contributed by atoms with E-state index in [2.05, 4.69) is 0 Å². The normalized spacial score (nSPS) is 9.48. The predicted octanol–water partition coefficient (Wildman–Crippen LogP) is 4.01. The molecule has 0 unspecified atom stereocenters. The summed E-state index contributed by atoms with van der Waals surface area (Å²) >= 11 is 0. The molecular weight excluding hydrogens is 294 g/mol. The van der Waals surface area contributed by atoms with E-state index in [9.17, 15) is 19.7 Å². The number of rotatable bonds is 5. The standard InChI is InChI=1S/C9H9NO3.C9H10O/c1-2-9(11)7-3-5-8(6-4-7)10(12)13;1-8(10)7-9-5-3-2-4-6-9/h3-6H,2H2,1H3;2-6H,7H2,1H3. The van der Waals surface area contributed by atoms with Gasteiger partial charge in [-0.1, -0.05) is 37.3 Å². The Hall–Kier alpha value is -2.82. The van der Waals surface area contributed by atoms with Gasteiger partial charge >= 0.3 is 0 Å². The van der Waals surface area contributed by atoms with Crippen LogP contribution in [0.2, 0.25) is 0 Å². The minimum atomic E-state index is -0.486. The van der Waals surface area contributed by atoms with Crippen molar-refractivity contribution < 1.29 is 14.5 Å². The molecule has 0 bridgehead atoms. The third-order valence-corrected chi connectivity index (χ3v) is 3.02. The minimum absolute atomic E-state index is 0.00472. The van der Waals surface area contributed by atoms with Crippen molar-refractivity contribution in [2.75, 3.05) is 0 Å². The summed E-state index contributed by atoms with van der Waals surface area (Å²) in [5.74, 6) is 0.209. The fraction of sp³-hybridized carbons (Fsp3) is 0.222. The van der Waals surface area contributed by atoms with Crippen molar-refractivity contribution in [2.45, 2.75) is 26.7 Å². The molecule has 0 fully saturated rings. The summed E-state index contributed by atoms with van der Waals surface area (Å²) in [4.78, 5) is 31.5. The highest BCUT2D eigenvalue weighted by molar-refractivity contribution is 5.95. The van der Waals surface area contributed by atoms with Crippen LogP contribution in [-0.2, 0) is 11.2 Å². The van der Waals surface area contributed by atoms with Gasteiger partial charge in [-0.25, -0.2) is 0 Å². The number of nitrogens with zero attached hydrogens (tertiary/aromatic N) is 1. The zero-order chi connectivity index (χ0) is 17.2. The van der Waals surface area contributed by atoms with Crippen LogP contribution in [0.3, 0.4) is 0 Å². The van der Waals surface area contributed by atoms with Gasteiger partial charge in [0.2, 0.25) is 0 Å². The van der Waals surface area contributed by atoms with E-state index in [0.29, 0.717) is 18.4 Å². The van der Waals surface area contributed by atoms with Gasteiger partial charge in [0.15, 0.2) is 5.78 Å². The first-order chi connectivity index (χ1) is 10.9. The molecule has 0 radical (unpaired) electrons. The molecule has 0 amide bonds. The van der Waals surface area contributed by atoms with E-state index in [1.165, 1.54) is 24.3 Å². The van der Waals surface area contributed by atoms with Crippen molar-refractivity contribution in [2.24, 2.45) is 0 Å². The molecule has 2 aromatic carbocycles. The van der Waals surface area contributed by atoms with Crippen molar-refractivity contribution in [1.82, 2.24) is 0 Å². The molecule has 0 atom stereocenters. The number of nitro benzene ring substituents is 1. The number of ketones is 2. The molecule has 2 aromatic rings. The Morgan fingerprint density at radius 3 is 2.00 bits per heavy atom. The summed E-state index contributed by atoms with van der Waals surface area (Å²) in [5, 5.41) is 10.3. The van der Waals surface area contributed by atoms with Gasteiger partial charge in [0, 0.05) is 30.5 Å². The first kappa shape index (κ1) is 18.2. The van der Waals surface area contributed by atoms with Gasteiger partial charge in [-0.2, -0.15) is 0 Å². The molecule has 5 nitrogen and oxygen atoms in total. The molecule has 0 spiro atoms. The minimum Gasteiger partial charge on any atom is -0.300 e. The highest BCUT2D eigenvalue weighted by Crippen LogP contribution is 2.12. The Morgan fingerprint density at radius 1 is 1.00 bits per heavy atom. The first-order valence-corrected chi connectivity index (χ1v) is 7.25. The maximum absolute atomic E-state index is 11.1. The van der Waals surface area contributed by atoms with Gasteiger partial charge in [-0.3, -0.25) is 19.7 Å². The highest BCUT2D eigenvalue weighted by atomic mass is 16.6. The van der Waals surface area contributed by atoms with Gasteiger partial charge in [0.1, 0.15) is 5.78 Å². The summed E-state index contributed by atoms with van der Waals surface area (Å²) in [6.07, 6.45) is 0.971. The number of hydrogen-bond donors (Lipinski definition) is 0. The van der Waals surface area contributed by atoms with Crippen LogP contribution < -0.4 is 0 Å². The lowest BCUT2D eigenvalue weighted by molar-refractivity contribution is -0.384. The van der Waals surface area contributed by atoms with Gasteiger partial charge in [-0.15, -0.1) is 0 Å². The van der Waals surface area contributed by atoms with Gasteiger partial charge < -0.3 is 0 Å². The predicted molar refractivity (Wildman–Crippen MR) is 88.5 cm³/mol. The molecular formula is C18H19NO4. The summed E-state index contributed by atoms with van der Waals surface area (Å²) in [7, 11) is 0. The summed E-state index contributed by atoms with van der Waals surface area (Å²) in [6, 6.07) is 15.4. The lowest BCUT2D eigenvalue weighted by Crippen LogP contribution is -1.96.